The molecule has 0 radical (unpaired) electrons. The molecule has 0 N–H and O–H groups in total. The van der Waals surface area contributed by atoms with Crippen molar-refractivity contribution < 1.29 is 28.5 Å². The summed E-state index contributed by atoms with van der Waals surface area (Å²) in [6.07, 6.45) is 0.533. The number of carbonyl (C=O) groups excluding carboxylic acids is 1. The van der Waals surface area contributed by atoms with Gasteiger partial charge >= 0.3 is 5.97 Å². The quantitative estimate of drug-likeness (QED) is 0.563. The van der Waals surface area contributed by atoms with Gasteiger partial charge in [-0.15, -0.1) is 0 Å². The highest BCUT2D eigenvalue weighted by atomic mass is 16.8. The van der Waals surface area contributed by atoms with E-state index in [0.717, 1.165) is 0 Å². The lowest BCUT2D eigenvalue weighted by molar-refractivity contribution is -0.174. The fraction of sp³-hybridized carbons (Fsp3) is 0.769. The Morgan fingerprint density at radius 1 is 1.26 bits per heavy atom. The number of ether oxygens (including phenoxy) is 5. The molecule has 2 aliphatic heterocycles. The summed E-state index contributed by atoms with van der Waals surface area (Å²) in [5.41, 5.74) is 0. The number of esters is 1. The van der Waals surface area contributed by atoms with Gasteiger partial charge in [-0.3, -0.25) is 4.79 Å². The molecule has 2 heterocycles. The standard InChI is InChI=1S/C13H20O6/c1-8(14)15-6-9-11(19-13(4,5)18-9)10-7-16-12(2,3)17-10/h6,10-11H,7H2,1-5H3/b9-6+/t10-,11+/m1/s1. The van der Waals surface area contributed by atoms with Crippen LogP contribution < -0.4 is 0 Å². The molecule has 0 aliphatic carbocycles. The van der Waals surface area contributed by atoms with E-state index in [1.807, 2.05) is 13.8 Å². The average molecular weight is 272 g/mol. The maximum Gasteiger partial charge on any atom is 0.307 e. The van der Waals surface area contributed by atoms with Gasteiger partial charge in [-0.05, 0) is 13.8 Å². The number of hydrogen-bond donors (Lipinski definition) is 0. The SMILES string of the molecule is CC(=O)O/C=C1/OC(C)(C)O[C@@H]1[C@H]1COC(C)(C)O1. The van der Waals surface area contributed by atoms with Gasteiger partial charge in [0.05, 0.1) is 6.61 Å². The van der Waals surface area contributed by atoms with E-state index in [9.17, 15) is 4.79 Å². The van der Waals surface area contributed by atoms with Crippen LogP contribution in [0.2, 0.25) is 0 Å². The van der Waals surface area contributed by atoms with E-state index >= 15 is 0 Å². The third-order valence-electron chi connectivity index (χ3n) is 2.76. The van der Waals surface area contributed by atoms with Crippen molar-refractivity contribution in [3.05, 3.63) is 12.0 Å². The molecule has 0 unspecified atom stereocenters. The monoisotopic (exact) mass is 272 g/mol. The van der Waals surface area contributed by atoms with E-state index in [-0.39, 0.29) is 6.10 Å². The Morgan fingerprint density at radius 3 is 2.47 bits per heavy atom. The summed E-state index contributed by atoms with van der Waals surface area (Å²) in [7, 11) is 0. The molecular weight excluding hydrogens is 252 g/mol. The number of carbonyl (C=O) groups is 1. The van der Waals surface area contributed by atoms with Crippen molar-refractivity contribution in [3.8, 4) is 0 Å². The smallest absolute Gasteiger partial charge is 0.307 e. The van der Waals surface area contributed by atoms with E-state index in [2.05, 4.69) is 0 Å². The molecule has 2 saturated heterocycles. The van der Waals surface area contributed by atoms with E-state index < -0.39 is 23.6 Å². The van der Waals surface area contributed by atoms with Crippen molar-refractivity contribution in [2.75, 3.05) is 6.61 Å². The molecule has 6 nitrogen and oxygen atoms in total. The van der Waals surface area contributed by atoms with Crippen LogP contribution >= 0.6 is 0 Å². The lowest BCUT2D eigenvalue weighted by Crippen LogP contribution is -2.33. The first-order chi connectivity index (χ1) is 8.69. The summed E-state index contributed by atoms with van der Waals surface area (Å²) in [5.74, 6) is -1.41. The van der Waals surface area contributed by atoms with E-state index in [0.29, 0.717) is 12.4 Å². The maximum absolute atomic E-state index is 10.9. The van der Waals surface area contributed by atoms with Gasteiger partial charge in [-0.1, -0.05) is 0 Å². The minimum Gasteiger partial charge on any atom is -0.461 e. The average Bonchev–Trinajstić information content (AvgIpc) is 2.75. The zero-order chi connectivity index (χ0) is 14.3. The van der Waals surface area contributed by atoms with Gasteiger partial charge in [0.15, 0.2) is 17.7 Å². The van der Waals surface area contributed by atoms with Crippen LogP contribution in [0.1, 0.15) is 34.6 Å². The second-order valence-corrected chi connectivity index (χ2v) is 5.54. The Balaban J connectivity index is 2.12. The van der Waals surface area contributed by atoms with Crippen molar-refractivity contribution in [2.45, 2.75) is 58.4 Å². The van der Waals surface area contributed by atoms with Gasteiger partial charge < -0.3 is 23.7 Å². The van der Waals surface area contributed by atoms with Gasteiger partial charge in [0.25, 0.3) is 0 Å². The van der Waals surface area contributed by atoms with Crippen LogP contribution in [0, 0.1) is 0 Å². The van der Waals surface area contributed by atoms with Gasteiger partial charge in [-0.2, -0.15) is 0 Å². The summed E-state index contributed by atoms with van der Waals surface area (Å²) in [6.45, 7) is 8.97. The predicted molar refractivity (Wildman–Crippen MR) is 64.8 cm³/mol. The zero-order valence-corrected chi connectivity index (χ0v) is 11.9. The van der Waals surface area contributed by atoms with Crippen molar-refractivity contribution in [3.63, 3.8) is 0 Å². The van der Waals surface area contributed by atoms with Crippen molar-refractivity contribution in [1.82, 2.24) is 0 Å². The lowest BCUT2D eigenvalue weighted by Gasteiger charge is -2.20. The normalized spacial score (nSPS) is 34.3. The molecule has 2 rings (SSSR count). The molecule has 2 fully saturated rings. The van der Waals surface area contributed by atoms with Gasteiger partial charge in [-0.25, -0.2) is 0 Å². The minimum absolute atomic E-state index is 0.293. The molecule has 0 bridgehead atoms. The van der Waals surface area contributed by atoms with Crippen LogP contribution in [0.25, 0.3) is 0 Å². The first-order valence-electron chi connectivity index (χ1n) is 6.24. The van der Waals surface area contributed by atoms with Gasteiger partial charge in [0.1, 0.15) is 12.4 Å². The van der Waals surface area contributed by atoms with Gasteiger partial charge in [0, 0.05) is 20.8 Å². The van der Waals surface area contributed by atoms with Crippen LogP contribution in [0.3, 0.4) is 0 Å². The highest BCUT2D eigenvalue weighted by molar-refractivity contribution is 5.66. The van der Waals surface area contributed by atoms with E-state index in [1.165, 1.54) is 13.2 Å². The Kier molecular flexibility index (Phi) is 3.59. The summed E-state index contributed by atoms with van der Waals surface area (Å²) >= 11 is 0. The van der Waals surface area contributed by atoms with Crippen LogP contribution in [0.15, 0.2) is 12.0 Å². The summed E-state index contributed by atoms with van der Waals surface area (Å²) < 4.78 is 27.5. The summed E-state index contributed by atoms with van der Waals surface area (Å²) in [6, 6.07) is 0. The Morgan fingerprint density at radius 2 is 1.95 bits per heavy atom. The maximum atomic E-state index is 10.9. The number of hydrogen-bond acceptors (Lipinski definition) is 6. The highest BCUT2D eigenvalue weighted by Gasteiger charge is 2.48. The van der Waals surface area contributed by atoms with Crippen LogP contribution in [0.4, 0.5) is 0 Å². The Bertz CT molecular complexity index is 398. The molecule has 0 aromatic carbocycles. The summed E-state index contributed by atoms with van der Waals surface area (Å²) in [5, 5.41) is 0. The Hall–Kier alpha value is -1.11. The fourth-order valence-electron chi connectivity index (χ4n) is 2.09. The van der Waals surface area contributed by atoms with Crippen LogP contribution in [-0.2, 0) is 28.5 Å². The zero-order valence-electron chi connectivity index (χ0n) is 11.9. The summed E-state index contributed by atoms with van der Waals surface area (Å²) in [4.78, 5) is 10.9. The molecule has 19 heavy (non-hydrogen) atoms. The van der Waals surface area contributed by atoms with Crippen molar-refractivity contribution >= 4 is 5.97 Å². The van der Waals surface area contributed by atoms with E-state index in [1.54, 1.807) is 13.8 Å². The Labute approximate surface area is 112 Å². The first-order valence-corrected chi connectivity index (χ1v) is 6.24. The molecule has 108 valence electrons. The van der Waals surface area contributed by atoms with Gasteiger partial charge in [0.2, 0.25) is 5.79 Å². The molecule has 2 atom stereocenters. The fourth-order valence-corrected chi connectivity index (χ4v) is 2.09. The second-order valence-electron chi connectivity index (χ2n) is 5.54. The molecule has 0 amide bonds. The molecule has 0 spiro atoms. The molecular formula is C13H20O6. The largest absolute Gasteiger partial charge is 0.461 e. The van der Waals surface area contributed by atoms with Crippen LogP contribution in [0.5, 0.6) is 0 Å². The highest BCUT2D eigenvalue weighted by Crippen LogP contribution is 2.37. The molecule has 0 aromatic rings. The minimum atomic E-state index is -0.785. The third kappa shape index (κ3) is 3.46. The van der Waals surface area contributed by atoms with E-state index in [4.69, 9.17) is 23.7 Å². The predicted octanol–water partition coefficient (Wildman–Crippen LogP) is 1.69. The second kappa shape index (κ2) is 4.77. The third-order valence-corrected chi connectivity index (χ3v) is 2.76. The van der Waals surface area contributed by atoms with Crippen molar-refractivity contribution in [1.29, 1.82) is 0 Å². The molecule has 6 heteroatoms. The molecule has 0 aromatic heterocycles. The molecule has 2 aliphatic rings. The van der Waals surface area contributed by atoms with Crippen LogP contribution in [-0.4, -0.2) is 36.4 Å². The topological polar surface area (TPSA) is 63.2 Å². The first kappa shape index (κ1) is 14.3. The van der Waals surface area contributed by atoms with Crippen molar-refractivity contribution in [2.24, 2.45) is 0 Å². The number of rotatable bonds is 2. The molecule has 0 saturated carbocycles. The lowest BCUT2D eigenvalue weighted by atomic mass is 10.2.